The molecule has 0 amide bonds. The standard InChI is InChI=1S/C13H25O6P/c1-4-7-8-9-12(5-2)19-20(15,16)18-11-10-17-13(14)6-3/h6,12H,3-5,7-11H2,1-2H3,(H,15,16). The molecule has 0 saturated heterocycles. The van der Waals surface area contributed by atoms with E-state index in [2.05, 4.69) is 18.2 Å². The van der Waals surface area contributed by atoms with Crippen molar-refractivity contribution < 1.29 is 28.0 Å². The number of hydrogen-bond donors (Lipinski definition) is 1. The van der Waals surface area contributed by atoms with E-state index in [4.69, 9.17) is 9.05 Å². The first-order valence-electron chi connectivity index (χ1n) is 6.90. The highest BCUT2D eigenvalue weighted by atomic mass is 31.2. The zero-order chi connectivity index (χ0) is 15.4. The number of phosphoric acid groups is 1. The van der Waals surface area contributed by atoms with Crippen LogP contribution in [0.25, 0.3) is 0 Å². The van der Waals surface area contributed by atoms with Gasteiger partial charge in [0.05, 0.1) is 12.7 Å². The molecule has 0 fully saturated rings. The predicted molar refractivity (Wildman–Crippen MR) is 76.2 cm³/mol. The molecule has 0 saturated carbocycles. The SMILES string of the molecule is C=CC(=O)OCCOP(=O)(O)OC(CC)CCCCC. The molecule has 20 heavy (non-hydrogen) atoms. The lowest BCUT2D eigenvalue weighted by Crippen LogP contribution is -2.13. The number of hydrogen-bond acceptors (Lipinski definition) is 5. The van der Waals surface area contributed by atoms with Crippen molar-refractivity contribution in [2.45, 2.75) is 52.1 Å². The van der Waals surface area contributed by atoms with E-state index in [1.165, 1.54) is 0 Å². The Hall–Kier alpha value is -0.680. The fourth-order valence-corrected chi connectivity index (χ4v) is 2.52. The smallest absolute Gasteiger partial charge is 0.460 e. The third-order valence-electron chi connectivity index (χ3n) is 2.62. The van der Waals surface area contributed by atoms with Crippen molar-refractivity contribution in [2.75, 3.05) is 13.2 Å². The number of ether oxygens (including phenoxy) is 1. The molecule has 0 aliphatic heterocycles. The number of carbonyl (C=O) groups excluding carboxylic acids is 1. The van der Waals surface area contributed by atoms with Gasteiger partial charge in [-0.15, -0.1) is 0 Å². The first-order valence-corrected chi connectivity index (χ1v) is 8.39. The summed E-state index contributed by atoms with van der Waals surface area (Å²) < 4.78 is 26.1. The van der Waals surface area contributed by atoms with Crippen molar-refractivity contribution in [3.63, 3.8) is 0 Å². The lowest BCUT2D eigenvalue weighted by Gasteiger charge is -2.19. The highest BCUT2D eigenvalue weighted by molar-refractivity contribution is 7.47. The van der Waals surface area contributed by atoms with Crippen LogP contribution >= 0.6 is 7.82 Å². The molecule has 0 aromatic rings. The monoisotopic (exact) mass is 308 g/mol. The number of phosphoric ester groups is 1. The highest BCUT2D eigenvalue weighted by Crippen LogP contribution is 2.45. The molecule has 0 aliphatic rings. The van der Waals surface area contributed by atoms with Gasteiger partial charge in [0.15, 0.2) is 0 Å². The molecule has 1 N–H and O–H groups in total. The summed E-state index contributed by atoms with van der Waals surface area (Å²) in [5.74, 6) is -0.603. The molecule has 0 heterocycles. The Balaban J connectivity index is 3.98. The number of esters is 1. The van der Waals surface area contributed by atoms with Crippen molar-refractivity contribution in [1.29, 1.82) is 0 Å². The fraction of sp³-hybridized carbons (Fsp3) is 0.769. The van der Waals surface area contributed by atoms with E-state index in [0.717, 1.165) is 31.8 Å². The molecular weight excluding hydrogens is 283 g/mol. The van der Waals surface area contributed by atoms with Crippen molar-refractivity contribution in [1.82, 2.24) is 0 Å². The summed E-state index contributed by atoms with van der Waals surface area (Å²) in [6.07, 6.45) is 5.18. The molecule has 118 valence electrons. The van der Waals surface area contributed by atoms with E-state index in [-0.39, 0.29) is 19.3 Å². The summed E-state index contributed by atoms with van der Waals surface area (Å²) >= 11 is 0. The molecule has 0 aromatic carbocycles. The van der Waals surface area contributed by atoms with Crippen LogP contribution in [-0.2, 0) is 23.1 Å². The predicted octanol–water partition coefficient (Wildman–Crippen LogP) is 3.21. The van der Waals surface area contributed by atoms with Crippen LogP contribution in [0, 0.1) is 0 Å². The van der Waals surface area contributed by atoms with Crippen LogP contribution in [-0.4, -0.2) is 30.2 Å². The van der Waals surface area contributed by atoms with Gasteiger partial charge in [0, 0.05) is 6.08 Å². The minimum Gasteiger partial charge on any atom is -0.460 e. The van der Waals surface area contributed by atoms with Crippen LogP contribution in [0.2, 0.25) is 0 Å². The molecule has 2 atom stereocenters. The zero-order valence-corrected chi connectivity index (χ0v) is 13.1. The van der Waals surface area contributed by atoms with Crippen LogP contribution in [0.3, 0.4) is 0 Å². The van der Waals surface area contributed by atoms with Crippen molar-refractivity contribution in [3.8, 4) is 0 Å². The van der Waals surface area contributed by atoms with Gasteiger partial charge in [-0.1, -0.05) is 39.7 Å². The van der Waals surface area contributed by atoms with Gasteiger partial charge >= 0.3 is 13.8 Å². The lowest BCUT2D eigenvalue weighted by molar-refractivity contribution is -0.138. The number of carbonyl (C=O) groups is 1. The van der Waals surface area contributed by atoms with E-state index >= 15 is 0 Å². The van der Waals surface area contributed by atoms with E-state index < -0.39 is 13.8 Å². The average molecular weight is 308 g/mol. The minimum atomic E-state index is -4.10. The molecule has 0 bridgehead atoms. The second-order valence-electron chi connectivity index (χ2n) is 4.30. The second-order valence-corrected chi connectivity index (χ2v) is 5.71. The Morgan fingerprint density at radius 3 is 2.60 bits per heavy atom. The number of rotatable bonds is 12. The van der Waals surface area contributed by atoms with Gasteiger partial charge in [0.2, 0.25) is 0 Å². The molecule has 2 unspecified atom stereocenters. The van der Waals surface area contributed by atoms with Gasteiger partial charge in [-0.2, -0.15) is 0 Å². The highest BCUT2D eigenvalue weighted by Gasteiger charge is 2.25. The van der Waals surface area contributed by atoms with E-state index in [1.807, 2.05) is 6.92 Å². The maximum absolute atomic E-state index is 11.7. The van der Waals surface area contributed by atoms with Crippen molar-refractivity contribution >= 4 is 13.8 Å². The Labute approximate surface area is 120 Å². The molecule has 0 aliphatic carbocycles. The summed E-state index contributed by atoms with van der Waals surface area (Å²) in [6, 6.07) is 0. The number of unbranched alkanes of at least 4 members (excludes halogenated alkanes) is 2. The molecule has 0 spiro atoms. The maximum Gasteiger partial charge on any atom is 0.472 e. The zero-order valence-electron chi connectivity index (χ0n) is 12.2. The van der Waals surface area contributed by atoms with Gasteiger partial charge in [-0.05, 0) is 12.8 Å². The lowest BCUT2D eigenvalue weighted by atomic mass is 10.1. The normalized spacial score (nSPS) is 15.3. The Bertz CT molecular complexity index is 331. The summed E-state index contributed by atoms with van der Waals surface area (Å²) in [4.78, 5) is 20.3. The fourth-order valence-electron chi connectivity index (χ4n) is 1.53. The Morgan fingerprint density at radius 2 is 2.05 bits per heavy atom. The Morgan fingerprint density at radius 1 is 1.35 bits per heavy atom. The summed E-state index contributed by atoms with van der Waals surface area (Å²) in [6.45, 7) is 6.90. The molecule has 0 radical (unpaired) electrons. The summed E-state index contributed by atoms with van der Waals surface area (Å²) in [5, 5.41) is 0. The maximum atomic E-state index is 11.7. The quantitative estimate of drug-likeness (QED) is 0.258. The van der Waals surface area contributed by atoms with Crippen LogP contribution in [0.4, 0.5) is 0 Å². The van der Waals surface area contributed by atoms with Crippen LogP contribution in [0.5, 0.6) is 0 Å². The molecular formula is C13H25O6P. The molecule has 6 nitrogen and oxygen atoms in total. The van der Waals surface area contributed by atoms with E-state index in [9.17, 15) is 14.3 Å². The summed E-state index contributed by atoms with van der Waals surface area (Å²) in [7, 11) is -4.10. The van der Waals surface area contributed by atoms with Crippen molar-refractivity contribution in [2.24, 2.45) is 0 Å². The minimum absolute atomic E-state index is 0.120. The van der Waals surface area contributed by atoms with Crippen LogP contribution in [0.1, 0.15) is 46.0 Å². The van der Waals surface area contributed by atoms with Gasteiger partial charge in [-0.3, -0.25) is 9.05 Å². The van der Waals surface area contributed by atoms with Gasteiger partial charge in [-0.25, -0.2) is 9.36 Å². The first-order chi connectivity index (χ1) is 9.45. The first kappa shape index (κ1) is 19.3. The molecule has 0 rings (SSSR count). The second kappa shape index (κ2) is 11.0. The average Bonchev–Trinajstić information content (AvgIpc) is 2.42. The van der Waals surface area contributed by atoms with E-state index in [0.29, 0.717) is 6.42 Å². The Kier molecular flexibility index (Phi) is 10.7. The van der Waals surface area contributed by atoms with Gasteiger partial charge < -0.3 is 9.63 Å². The summed E-state index contributed by atoms with van der Waals surface area (Å²) in [5.41, 5.74) is 0. The third-order valence-corrected chi connectivity index (χ3v) is 3.69. The van der Waals surface area contributed by atoms with Crippen LogP contribution < -0.4 is 0 Å². The molecule has 0 aromatic heterocycles. The van der Waals surface area contributed by atoms with Crippen LogP contribution in [0.15, 0.2) is 12.7 Å². The third kappa shape index (κ3) is 10.1. The van der Waals surface area contributed by atoms with Crippen molar-refractivity contribution in [3.05, 3.63) is 12.7 Å². The largest absolute Gasteiger partial charge is 0.472 e. The van der Waals surface area contributed by atoms with Gasteiger partial charge in [0.1, 0.15) is 6.61 Å². The molecule has 7 heteroatoms. The van der Waals surface area contributed by atoms with E-state index in [1.54, 1.807) is 0 Å². The topological polar surface area (TPSA) is 82.1 Å². The van der Waals surface area contributed by atoms with Gasteiger partial charge in [0.25, 0.3) is 0 Å².